The molecule has 1 saturated heterocycles. The normalized spacial score (nSPS) is 18.1. The maximum absolute atomic E-state index is 14.7. The standard InChI is InChI=1S/C19H21F2N5OS/c20-19(21,28-16-3-4-17(22-12-16)13-1-2-13)14-6-9-26(10-7-14)18(27)25-15-5-8-23-24-11-15/h3-5,8,11-14H,1-2,6-7,9-10H2,(H,23,25,27). The first-order valence-corrected chi connectivity index (χ1v) is 10.2. The minimum atomic E-state index is -2.89. The van der Waals surface area contributed by atoms with Crippen molar-refractivity contribution < 1.29 is 13.6 Å². The van der Waals surface area contributed by atoms with Crippen molar-refractivity contribution in [2.45, 2.75) is 41.8 Å². The molecule has 6 nitrogen and oxygen atoms in total. The molecule has 0 unspecified atom stereocenters. The van der Waals surface area contributed by atoms with Crippen LogP contribution in [0.25, 0.3) is 0 Å². The minimum absolute atomic E-state index is 0.260. The summed E-state index contributed by atoms with van der Waals surface area (Å²) in [5.74, 6) is -0.259. The lowest BCUT2D eigenvalue weighted by Crippen LogP contribution is -2.44. The van der Waals surface area contributed by atoms with E-state index >= 15 is 0 Å². The molecule has 2 amide bonds. The van der Waals surface area contributed by atoms with Gasteiger partial charge in [-0.15, -0.1) is 0 Å². The van der Waals surface area contributed by atoms with Crippen molar-refractivity contribution in [3.05, 3.63) is 42.5 Å². The molecular formula is C19H21F2N5OS. The highest BCUT2D eigenvalue weighted by Gasteiger charge is 2.43. The topological polar surface area (TPSA) is 71.0 Å². The maximum Gasteiger partial charge on any atom is 0.321 e. The number of halogens is 2. The van der Waals surface area contributed by atoms with E-state index in [-0.39, 0.29) is 18.9 Å². The zero-order valence-corrected chi connectivity index (χ0v) is 16.0. The van der Waals surface area contributed by atoms with E-state index in [1.54, 1.807) is 23.2 Å². The van der Waals surface area contributed by atoms with Gasteiger partial charge in [0.2, 0.25) is 0 Å². The van der Waals surface area contributed by atoms with Crippen molar-refractivity contribution in [2.75, 3.05) is 18.4 Å². The Morgan fingerprint density at radius 1 is 1.11 bits per heavy atom. The summed E-state index contributed by atoms with van der Waals surface area (Å²) >= 11 is 0.575. The number of pyridine rings is 1. The average Bonchev–Trinajstić information content (AvgIpc) is 3.54. The Balaban J connectivity index is 1.29. The summed E-state index contributed by atoms with van der Waals surface area (Å²) in [4.78, 5) is 18.6. The number of likely N-dealkylation sites (tertiary alicyclic amines) is 1. The lowest BCUT2D eigenvalue weighted by molar-refractivity contribution is 0.00999. The highest BCUT2D eigenvalue weighted by Crippen LogP contribution is 2.46. The summed E-state index contributed by atoms with van der Waals surface area (Å²) in [7, 11) is 0. The van der Waals surface area contributed by atoms with Gasteiger partial charge in [0.15, 0.2) is 0 Å². The van der Waals surface area contributed by atoms with E-state index in [4.69, 9.17) is 0 Å². The van der Waals surface area contributed by atoms with Crippen LogP contribution in [0.1, 0.15) is 37.3 Å². The SMILES string of the molecule is O=C(Nc1ccnnc1)N1CCC(C(F)(F)Sc2ccc(C3CC3)nc2)CC1. The number of carbonyl (C=O) groups is 1. The number of alkyl halides is 2. The lowest BCUT2D eigenvalue weighted by atomic mass is 9.97. The first-order valence-electron chi connectivity index (χ1n) is 9.36. The third-order valence-corrected chi connectivity index (χ3v) is 6.18. The van der Waals surface area contributed by atoms with E-state index in [2.05, 4.69) is 20.5 Å². The monoisotopic (exact) mass is 405 g/mol. The molecule has 0 atom stereocenters. The fourth-order valence-electron chi connectivity index (χ4n) is 3.30. The van der Waals surface area contributed by atoms with Gasteiger partial charge in [0.05, 0.1) is 18.1 Å². The van der Waals surface area contributed by atoms with Crippen molar-refractivity contribution >= 4 is 23.5 Å². The predicted molar refractivity (Wildman–Crippen MR) is 102 cm³/mol. The van der Waals surface area contributed by atoms with E-state index in [1.807, 2.05) is 6.07 Å². The summed E-state index contributed by atoms with van der Waals surface area (Å²) in [6, 6.07) is 4.93. The molecule has 1 aliphatic heterocycles. The second-order valence-corrected chi connectivity index (χ2v) is 8.40. The van der Waals surface area contributed by atoms with Crippen LogP contribution in [-0.2, 0) is 0 Å². The molecule has 1 N–H and O–H groups in total. The number of thioether (sulfide) groups is 1. The van der Waals surface area contributed by atoms with Crippen LogP contribution in [-0.4, -0.2) is 44.5 Å². The van der Waals surface area contributed by atoms with Crippen LogP contribution in [0.4, 0.5) is 19.3 Å². The van der Waals surface area contributed by atoms with Crippen molar-refractivity contribution in [3.8, 4) is 0 Å². The molecule has 2 aromatic rings. The fourth-order valence-corrected chi connectivity index (χ4v) is 4.26. The molecule has 0 aromatic carbocycles. The Labute approximate surface area is 166 Å². The number of nitrogens with one attached hydrogen (secondary N) is 1. The third-order valence-electron chi connectivity index (χ3n) is 5.10. The first-order chi connectivity index (χ1) is 13.5. The van der Waals surface area contributed by atoms with Crippen LogP contribution in [0.2, 0.25) is 0 Å². The maximum atomic E-state index is 14.7. The Hall–Kier alpha value is -2.29. The molecule has 2 aromatic heterocycles. The number of aromatic nitrogens is 3. The molecule has 2 fully saturated rings. The van der Waals surface area contributed by atoms with Crippen LogP contribution in [0.5, 0.6) is 0 Å². The molecule has 2 aliphatic rings. The van der Waals surface area contributed by atoms with Crippen molar-refractivity contribution in [1.82, 2.24) is 20.1 Å². The number of urea groups is 1. The summed E-state index contributed by atoms with van der Waals surface area (Å²) in [5.41, 5.74) is 1.53. The second-order valence-electron chi connectivity index (χ2n) is 7.18. The zero-order chi connectivity index (χ0) is 19.6. The van der Waals surface area contributed by atoms with Crippen molar-refractivity contribution in [3.63, 3.8) is 0 Å². The fraction of sp³-hybridized carbons (Fsp3) is 0.474. The van der Waals surface area contributed by atoms with E-state index < -0.39 is 11.2 Å². The number of nitrogens with zero attached hydrogens (tertiary/aromatic N) is 4. The van der Waals surface area contributed by atoms with Crippen molar-refractivity contribution in [1.29, 1.82) is 0 Å². The first kappa shape index (κ1) is 19.0. The average molecular weight is 405 g/mol. The number of hydrogen-bond donors (Lipinski definition) is 1. The molecule has 28 heavy (non-hydrogen) atoms. The number of amides is 2. The highest BCUT2D eigenvalue weighted by atomic mass is 32.2. The number of anilines is 1. The van der Waals surface area contributed by atoms with Gasteiger partial charge in [-0.1, -0.05) is 11.8 Å². The van der Waals surface area contributed by atoms with Gasteiger partial charge >= 0.3 is 11.3 Å². The summed E-state index contributed by atoms with van der Waals surface area (Å²) in [6.45, 7) is 0.591. The van der Waals surface area contributed by atoms with Gasteiger partial charge in [-0.05, 0) is 43.9 Å². The highest BCUT2D eigenvalue weighted by molar-refractivity contribution is 8.00. The molecule has 4 rings (SSSR count). The molecule has 0 bridgehead atoms. The van der Waals surface area contributed by atoms with Gasteiger partial charge in [0, 0.05) is 41.7 Å². The van der Waals surface area contributed by atoms with E-state index in [0.29, 0.717) is 41.4 Å². The molecule has 3 heterocycles. The Morgan fingerprint density at radius 2 is 1.89 bits per heavy atom. The van der Waals surface area contributed by atoms with Gasteiger partial charge in [0.25, 0.3) is 0 Å². The Kier molecular flexibility index (Phi) is 5.43. The quantitative estimate of drug-likeness (QED) is 0.748. The number of hydrogen-bond acceptors (Lipinski definition) is 5. The lowest BCUT2D eigenvalue weighted by Gasteiger charge is -2.35. The van der Waals surface area contributed by atoms with Gasteiger partial charge < -0.3 is 10.2 Å². The van der Waals surface area contributed by atoms with E-state index in [9.17, 15) is 13.6 Å². The number of rotatable bonds is 5. The van der Waals surface area contributed by atoms with Crippen LogP contribution in [0.3, 0.4) is 0 Å². The molecule has 1 aliphatic carbocycles. The molecule has 0 spiro atoms. The summed E-state index contributed by atoms with van der Waals surface area (Å²) in [6.07, 6.45) is 7.27. The van der Waals surface area contributed by atoms with Crippen LogP contribution in [0.15, 0.2) is 41.7 Å². The molecule has 9 heteroatoms. The third kappa shape index (κ3) is 4.57. The van der Waals surface area contributed by atoms with Gasteiger partial charge in [-0.25, -0.2) is 4.79 Å². The van der Waals surface area contributed by atoms with Crippen molar-refractivity contribution in [2.24, 2.45) is 5.92 Å². The second kappa shape index (κ2) is 7.98. The summed E-state index contributed by atoms with van der Waals surface area (Å²) in [5, 5.41) is 7.16. The van der Waals surface area contributed by atoms with Gasteiger partial charge in [-0.3, -0.25) is 4.98 Å². The van der Waals surface area contributed by atoms with Crippen LogP contribution >= 0.6 is 11.8 Å². The Bertz CT molecular complexity index is 809. The van der Waals surface area contributed by atoms with E-state index in [0.717, 1.165) is 18.5 Å². The minimum Gasteiger partial charge on any atom is -0.325 e. The molecule has 1 saturated carbocycles. The smallest absolute Gasteiger partial charge is 0.321 e. The van der Waals surface area contributed by atoms with Crippen LogP contribution < -0.4 is 5.32 Å². The number of piperidine rings is 1. The Morgan fingerprint density at radius 3 is 2.50 bits per heavy atom. The van der Waals surface area contributed by atoms with Crippen LogP contribution in [0, 0.1) is 5.92 Å². The van der Waals surface area contributed by atoms with Gasteiger partial charge in [0.1, 0.15) is 0 Å². The molecule has 148 valence electrons. The largest absolute Gasteiger partial charge is 0.325 e. The zero-order valence-electron chi connectivity index (χ0n) is 15.2. The van der Waals surface area contributed by atoms with Gasteiger partial charge in [-0.2, -0.15) is 19.0 Å². The number of carbonyl (C=O) groups excluding carboxylic acids is 1. The predicted octanol–water partition coefficient (Wildman–Crippen LogP) is 4.38. The summed E-state index contributed by atoms with van der Waals surface area (Å²) < 4.78 is 29.5. The molecular weight excluding hydrogens is 384 g/mol. The van der Waals surface area contributed by atoms with E-state index in [1.165, 1.54) is 12.4 Å². The molecule has 0 radical (unpaired) electrons.